The normalized spacial score (nSPS) is 19.4. The Labute approximate surface area is 154 Å². The monoisotopic (exact) mass is 369 g/mol. The molecule has 2 unspecified atom stereocenters. The van der Waals surface area contributed by atoms with Gasteiger partial charge in [-0.25, -0.2) is 8.78 Å². The molecule has 0 aliphatic carbocycles. The zero-order valence-corrected chi connectivity index (χ0v) is 14.6. The summed E-state index contributed by atoms with van der Waals surface area (Å²) < 4.78 is 33.3. The van der Waals surface area contributed by atoms with E-state index in [2.05, 4.69) is 10.1 Å². The molecule has 1 aromatic heterocycles. The number of hydrogen-bond donors (Lipinski definition) is 0. The fraction of sp³-hybridized carbons (Fsp3) is 0.250. The molecule has 2 heterocycles. The Balaban J connectivity index is 1.55. The van der Waals surface area contributed by atoms with Crippen molar-refractivity contribution in [3.63, 3.8) is 0 Å². The third-order valence-corrected chi connectivity index (χ3v) is 4.87. The lowest BCUT2D eigenvalue weighted by molar-refractivity contribution is 0.0776. The third kappa shape index (κ3) is 3.20. The lowest BCUT2D eigenvalue weighted by Crippen LogP contribution is -2.30. The molecule has 1 saturated heterocycles. The fourth-order valence-corrected chi connectivity index (χ4v) is 3.40. The number of hydrogen-bond acceptors (Lipinski definition) is 4. The van der Waals surface area contributed by atoms with Crippen LogP contribution in [-0.2, 0) is 0 Å². The maximum Gasteiger partial charge on any atom is 0.259 e. The molecule has 1 fully saturated rings. The summed E-state index contributed by atoms with van der Waals surface area (Å²) in [6.07, 6.45) is 0. The van der Waals surface area contributed by atoms with E-state index in [-0.39, 0.29) is 18.4 Å². The van der Waals surface area contributed by atoms with Crippen LogP contribution in [0.4, 0.5) is 8.78 Å². The van der Waals surface area contributed by atoms with Gasteiger partial charge >= 0.3 is 0 Å². The second kappa shape index (κ2) is 6.90. The van der Waals surface area contributed by atoms with Crippen molar-refractivity contribution >= 4 is 5.91 Å². The van der Waals surface area contributed by atoms with E-state index in [0.29, 0.717) is 18.3 Å². The number of carbonyl (C=O) groups excluding carboxylic acids is 1. The first-order chi connectivity index (χ1) is 13.0. The summed E-state index contributed by atoms with van der Waals surface area (Å²) in [5, 5.41) is 4.01. The Morgan fingerprint density at radius 2 is 1.78 bits per heavy atom. The van der Waals surface area contributed by atoms with Gasteiger partial charge in [-0.3, -0.25) is 4.79 Å². The fourth-order valence-electron chi connectivity index (χ4n) is 3.40. The van der Waals surface area contributed by atoms with Gasteiger partial charge in [-0.15, -0.1) is 0 Å². The molecule has 27 heavy (non-hydrogen) atoms. The largest absolute Gasteiger partial charge is 0.339 e. The van der Waals surface area contributed by atoms with Gasteiger partial charge in [0.1, 0.15) is 17.2 Å². The first kappa shape index (κ1) is 17.3. The number of likely N-dealkylation sites (tertiary alicyclic amines) is 1. The predicted molar refractivity (Wildman–Crippen MR) is 93.9 cm³/mol. The van der Waals surface area contributed by atoms with Crippen molar-refractivity contribution in [1.29, 1.82) is 0 Å². The summed E-state index contributed by atoms with van der Waals surface area (Å²) in [6.45, 7) is 2.58. The molecule has 138 valence electrons. The average molecular weight is 369 g/mol. The minimum Gasteiger partial charge on any atom is -0.339 e. The number of carbonyl (C=O) groups is 1. The summed E-state index contributed by atoms with van der Waals surface area (Å²) >= 11 is 0. The van der Waals surface area contributed by atoms with Gasteiger partial charge < -0.3 is 9.42 Å². The van der Waals surface area contributed by atoms with Crippen LogP contribution in [0.15, 0.2) is 53.1 Å². The Morgan fingerprint density at radius 3 is 2.48 bits per heavy atom. The van der Waals surface area contributed by atoms with E-state index < -0.39 is 23.1 Å². The smallest absolute Gasteiger partial charge is 0.259 e. The SMILES string of the molecule is CC1CN(C(=O)c2c(F)cccc2F)CC1c1nc(-c2ccccc2)no1. The van der Waals surface area contributed by atoms with E-state index in [1.54, 1.807) is 0 Å². The molecule has 0 N–H and O–H groups in total. The zero-order valence-electron chi connectivity index (χ0n) is 14.6. The van der Waals surface area contributed by atoms with Crippen molar-refractivity contribution in [3.8, 4) is 11.4 Å². The highest BCUT2D eigenvalue weighted by molar-refractivity contribution is 5.95. The van der Waals surface area contributed by atoms with Gasteiger partial charge in [0, 0.05) is 18.7 Å². The van der Waals surface area contributed by atoms with E-state index >= 15 is 0 Å². The standard InChI is InChI=1S/C20H17F2N3O2/c1-12-10-25(20(26)17-15(21)8-5-9-16(17)22)11-14(12)19-23-18(24-27-19)13-6-3-2-4-7-13/h2-9,12,14H,10-11H2,1H3. The molecule has 0 bridgehead atoms. The van der Waals surface area contributed by atoms with Crippen molar-refractivity contribution in [2.24, 2.45) is 5.92 Å². The van der Waals surface area contributed by atoms with Crippen LogP contribution in [-0.4, -0.2) is 34.0 Å². The topological polar surface area (TPSA) is 59.2 Å². The van der Waals surface area contributed by atoms with E-state index in [9.17, 15) is 13.6 Å². The summed E-state index contributed by atoms with van der Waals surface area (Å²) in [5.74, 6) is -1.65. The molecule has 2 atom stereocenters. The molecule has 4 rings (SSSR count). The Morgan fingerprint density at radius 1 is 1.07 bits per heavy atom. The zero-order chi connectivity index (χ0) is 19.0. The highest BCUT2D eigenvalue weighted by Gasteiger charge is 2.38. The molecule has 0 spiro atoms. The molecule has 0 saturated carbocycles. The number of rotatable bonds is 3. The van der Waals surface area contributed by atoms with Crippen LogP contribution in [0.2, 0.25) is 0 Å². The van der Waals surface area contributed by atoms with Gasteiger partial charge in [0.15, 0.2) is 0 Å². The summed E-state index contributed by atoms with van der Waals surface area (Å²) in [6, 6.07) is 12.8. The lowest BCUT2D eigenvalue weighted by atomic mass is 9.98. The number of halogens is 2. The molecular formula is C20H17F2N3O2. The Bertz CT molecular complexity index is 954. The second-order valence-corrected chi connectivity index (χ2v) is 6.71. The van der Waals surface area contributed by atoms with E-state index in [1.165, 1.54) is 11.0 Å². The van der Waals surface area contributed by atoms with E-state index in [0.717, 1.165) is 17.7 Å². The summed E-state index contributed by atoms with van der Waals surface area (Å²) in [4.78, 5) is 18.5. The second-order valence-electron chi connectivity index (χ2n) is 6.71. The number of amides is 1. The van der Waals surface area contributed by atoms with Gasteiger partial charge in [-0.2, -0.15) is 4.98 Å². The van der Waals surface area contributed by atoms with Gasteiger partial charge in [0.25, 0.3) is 5.91 Å². The van der Waals surface area contributed by atoms with Crippen molar-refractivity contribution in [3.05, 3.63) is 71.6 Å². The molecular weight excluding hydrogens is 352 g/mol. The van der Waals surface area contributed by atoms with Crippen LogP contribution in [0, 0.1) is 17.6 Å². The van der Waals surface area contributed by atoms with Crippen molar-refractivity contribution in [1.82, 2.24) is 15.0 Å². The van der Waals surface area contributed by atoms with Gasteiger partial charge in [-0.1, -0.05) is 48.5 Å². The molecule has 0 radical (unpaired) electrons. The first-order valence-corrected chi connectivity index (χ1v) is 8.67. The Kier molecular flexibility index (Phi) is 4.43. The van der Waals surface area contributed by atoms with Gasteiger partial charge in [0.05, 0.1) is 5.92 Å². The summed E-state index contributed by atoms with van der Waals surface area (Å²) in [7, 11) is 0. The van der Waals surface area contributed by atoms with Crippen LogP contribution in [0.3, 0.4) is 0 Å². The third-order valence-electron chi connectivity index (χ3n) is 4.87. The maximum atomic E-state index is 13.9. The van der Waals surface area contributed by atoms with Crippen LogP contribution < -0.4 is 0 Å². The average Bonchev–Trinajstić information content (AvgIpc) is 3.29. The van der Waals surface area contributed by atoms with Gasteiger partial charge in [-0.05, 0) is 18.1 Å². The maximum absolute atomic E-state index is 13.9. The minimum absolute atomic E-state index is 0.0212. The molecule has 5 nitrogen and oxygen atoms in total. The Hall–Kier alpha value is -3.09. The number of nitrogens with zero attached hydrogens (tertiary/aromatic N) is 3. The van der Waals surface area contributed by atoms with Crippen molar-refractivity contribution in [2.45, 2.75) is 12.8 Å². The van der Waals surface area contributed by atoms with Crippen LogP contribution in [0.25, 0.3) is 11.4 Å². The van der Waals surface area contributed by atoms with E-state index in [1.807, 2.05) is 37.3 Å². The minimum atomic E-state index is -0.861. The lowest BCUT2D eigenvalue weighted by Gasteiger charge is -2.16. The molecule has 1 aliphatic rings. The molecule has 2 aromatic carbocycles. The van der Waals surface area contributed by atoms with Crippen LogP contribution >= 0.6 is 0 Å². The van der Waals surface area contributed by atoms with Crippen LogP contribution in [0.1, 0.15) is 29.1 Å². The van der Waals surface area contributed by atoms with Crippen molar-refractivity contribution < 1.29 is 18.1 Å². The van der Waals surface area contributed by atoms with E-state index in [4.69, 9.17) is 4.52 Å². The molecule has 1 aliphatic heterocycles. The number of benzene rings is 2. The van der Waals surface area contributed by atoms with Gasteiger partial charge in [0.2, 0.25) is 11.7 Å². The highest BCUT2D eigenvalue weighted by Crippen LogP contribution is 2.33. The molecule has 7 heteroatoms. The number of aromatic nitrogens is 2. The molecule has 1 amide bonds. The predicted octanol–water partition coefficient (Wildman–Crippen LogP) is 3.89. The van der Waals surface area contributed by atoms with Crippen molar-refractivity contribution in [2.75, 3.05) is 13.1 Å². The molecule has 3 aromatic rings. The summed E-state index contributed by atoms with van der Waals surface area (Å²) in [5.41, 5.74) is 0.306. The first-order valence-electron chi connectivity index (χ1n) is 8.67. The highest BCUT2D eigenvalue weighted by atomic mass is 19.1. The van der Waals surface area contributed by atoms with Crippen LogP contribution in [0.5, 0.6) is 0 Å². The quantitative estimate of drug-likeness (QED) is 0.703.